The zero-order valence-electron chi connectivity index (χ0n) is 13.0. The maximum atomic E-state index is 11.6. The fraction of sp³-hybridized carbons (Fsp3) is 0.667. The van der Waals surface area contributed by atoms with E-state index in [0.717, 1.165) is 12.8 Å². The van der Waals surface area contributed by atoms with Crippen molar-refractivity contribution in [2.75, 3.05) is 24.6 Å². The third-order valence-electron chi connectivity index (χ3n) is 5.11. The number of rotatable bonds is 4. The fourth-order valence-electron chi connectivity index (χ4n) is 3.73. The lowest BCUT2D eigenvalue weighted by Gasteiger charge is -2.56. The van der Waals surface area contributed by atoms with E-state index in [4.69, 9.17) is 22.1 Å². The molecule has 1 saturated carbocycles. The minimum absolute atomic E-state index is 0.108. The van der Waals surface area contributed by atoms with Crippen LogP contribution in [0.5, 0.6) is 0 Å². The summed E-state index contributed by atoms with van der Waals surface area (Å²) in [5.41, 5.74) is 5.51. The summed E-state index contributed by atoms with van der Waals surface area (Å²) in [6, 6.07) is 1.44. The Labute approximate surface area is 139 Å². The van der Waals surface area contributed by atoms with Gasteiger partial charge in [0.2, 0.25) is 0 Å². The average molecular weight is 341 g/mol. The van der Waals surface area contributed by atoms with Gasteiger partial charge in [-0.1, -0.05) is 11.6 Å². The lowest BCUT2D eigenvalue weighted by Crippen LogP contribution is -2.62. The first kappa shape index (κ1) is 16.4. The molecule has 2 unspecified atom stereocenters. The molecule has 1 aromatic rings. The smallest absolute Gasteiger partial charge is 0.252 e. The topological polar surface area (TPSA) is 102 Å². The standard InChI is InChI=1S/C15H21ClN4O3/c1-2-23-11-8-10(21)15(11)3-5-20(6-4-15)14-9(13(17)22)7-12(16)18-19-14/h7,10-11,21H,2-6,8H2,1H3,(H2,17,22). The van der Waals surface area contributed by atoms with Crippen molar-refractivity contribution < 1.29 is 14.6 Å². The van der Waals surface area contributed by atoms with Crippen molar-refractivity contribution in [1.82, 2.24) is 10.2 Å². The highest BCUT2D eigenvalue weighted by atomic mass is 35.5. The molecule has 1 amide bonds. The van der Waals surface area contributed by atoms with E-state index in [-0.39, 0.29) is 28.3 Å². The largest absolute Gasteiger partial charge is 0.392 e. The van der Waals surface area contributed by atoms with E-state index in [0.29, 0.717) is 31.9 Å². The Balaban J connectivity index is 1.76. The molecule has 1 aliphatic heterocycles. The highest BCUT2D eigenvalue weighted by Gasteiger charge is 2.56. The van der Waals surface area contributed by atoms with Gasteiger partial charge in [-0.2, -0.15) is 0 Å². The van der Waals surface area contributed by atoms with Gasteiger partial charge >= 0.3 is 0 Å². The van der Waals surface area contributed by atoms with Crippen molar-refractivity contribution in [1.29, 1.82) is 0 Å². The summed E-state index contributed by atoms with van der Waals surface area (Å²) in [6.07, 6.45) is 2.04. The molecule has 0 aromatic carbocycles. The van der Waals surface area contributed by atoms with E-state index in [2.05, 4.69) is 10.2 Å². The number of primary amides is 1. The summed E-state index contributed by atoms with van der Waals surface area (Å²) >= 11 is 5.80. The molecule has 1 spiro atoms. The maximum absolute atomic E-state index is 11.6. The number of carbonyl (C=O) groups is 1. The van der Waals surface area contributed by atoms with E-state index >= 15 is 0 Å². The van der Waals surface area contributed by atoms with Crippen LogP contribution >= 0.6 is 11.6 Å². The summed E-state index contributed by atoms with van der Waals surface area (Å²) < 4.78 is 5.76. The average Bonchev–Trinajstić information content (AvgIpc) is 2.55. The van der Waals surface area contributed by atoms with E-state index in [1.807, 2.05) is 11.8 Å². The number of aliphatic hydroxyl groups is 1. The van der Waals surface area contributed by atoms with Crippen LogP contribution in [-0.4, -0.2) is 53.1 Å². The molecule has 2 atom stereocenters. The second-order valence-corrected chi connectivity index (χ2v) is 6.57. The summed E-state index contributed by atoms with van der Waals surface area (Å²) in [4.78, 5) is 13.6. The number of nitrogens with zero attached hydrogens (tertiary/aromatic N) is 3. The van der Waals surface area contributed by atoms with Gasteiger partial charge in [-0.15, -0.1) is 10.2 Å². The number of ether oxygens (including phenoxy) is 1. The van der Waals surface area contributed by atoms with Crippen LogP contribution in [0.15, 0.2) is 6.07 Å². The number of piperidine rings is 1. The monoisotopic (exact) mass is 340 g/mol. The van der Waals surface area contributed by atoms with Gasteiger partial charge in [0.25, 0.3) is 5.91 Å². The zero-order chi connectivity index (χ0) is 16.6. The lowest BCUT2D eigenvalue weighted by molar-refractivity contribution is -0.199. The number of hydrogen-bond donors (Lipinski definition) is 2. The quantitative estimate of drug-likeness (QED) is 0.847. The van der Waals surface area contributed by atoms with Gasteiger partial charge in [0.05, 0.1) is 17.8 Å². The van der Waals surface area contributed by atoms with E-state index in [9.17, 15) is 9.90 Å². The van der Waals surface area contributed by atoms with Crippen LogP contribution in [0.4, 0.5) is 5.82 Å². The summed E-state index contributed by atoms with van der Waals surface area (Å²) in [5.74, 6) is -0.119. The molecule has 7 nitrogen and oxygen atoms in total. The number of halogens is 1. The van der Waals surface area contributed by atoms with Gasteiger partial charge in [-0.05, 0) is 25.8 Å². The number of carbonyl (C=O) groups excluding carboxylic acids is 1. The van der Waals surface area contributed by atoms with Crippen molar-refractivity contribution >= 4 is 23.3 Å². The molecule has 3 N–H and O–H groups in total. The first-order chi connectivity index (χ1) is 11.0. The Morgan fingerprint density at radius 1 is 1.52 bits per heavy atom. The number of aromatic nitrogens is 2. The van der Waals surface area contributed by atoms with Crippen LogP contribution in [0.25, 0.3) is 0 Å². The van der Waals surface area contributed by atoms with Crippen LogP contribution in [0.1, 0.15) is 36.5 Å². The summed E-state index contributed by atoms with van der Waals surface area (Å²) in [5, 5.41) is 18.2. The Morgan fingerprint density at radius 3 is 2.78 bits per heavy atom. The molecular formula is C15H21ClN4O3. The third kappa shape index (κ3) is 2.77. The minimum atomic E-state index is -0.576. The fourth-order valence-corrected chi connectivity index (χ4v) is 3.87. The van der Waals surface area contributed by atoms with E-state index < -0.39 is 5.91 Å². The maximum Gasteiger partial charge on any atom is 0.252 e. The number of amides is 1. The number of aliphatic hydroxyl groups excluding tert-OH is 1. The predicted molar refractivity (Wildman–Crippen MR) is 85.5 cm³/mol. The molecule has 1 saturated heterocycles. The van der Waals surface area contributed by atoms with E-state index in [1.165, 1.54) is 6.07 Å². The van der Waals surface area contributed by atoms with E-state index in [1.54, 1.807) is 0 Å². The summed E-state index contributed by atoms with van der Waals surface area (Å²) in [7, 11) is 0. The van der Waals surface area contributed by atoms with Crippen LogP contribution in [0.2, 0.25) is 5.15 Å². The van der Waals surface area contributed by atoms with Crippen molar-refractivity contribution in [3.8, 4) is 0 Å². The Hall–Kier alpha value is -1.44. The Kier molecular flexibility index (Phi) is 4.44. The second-order valence-electron chi connectivity index (χ2n) is 6.18. The highest BCUT2D eigenvalue weighted by molar-refractivity contribution is 6.29. The van der Waals surface area contributed by atoms with Crippen molar-refractivity contribution in [3.05, 3.63) is 16.8 Å². The molecular weight excluding hydrogens is 320 g/mol. The highest BCUT2D eigenvalue weighted by Crippen LogP contribution is 2.51. The van der Waals surface area contributed by atoms with Crippen LogP contribution < -0.4 is 10.6 Å². The van der Waals surface area contributed by atoms with Crippen molar-refractivity contribution in [3.63, 3.8) is 0 Å². The van der Waals surface area contributed by atoms with Crippen LogP contribution in [-0.2, 0) is 4.74 Å². The van der Waals surface area contributed by atoms with Crippen molar-refractivity contribution in [2.45, 2.75) is 38.4 Å². The van der Waals surface area contributed by atoms with Crippen molar-refractivity contribution in [2.24, 2.45) is 11.1 Å². The SMILES string of the molecule is CCOC1CC(O)C12CCN(c1nnc(Cl)cc1C(N)=O)CC2. The predicted octanol–water partition coefficient (Wildman–Crippen LogP) is 0.985. The number of nitrogens with two attached hydrogens (primary N) is 1. The third-order valence-corrected chi connectivity index (χ3v) is 5.30. The molecule has 2 fully saturated rings. The molecule has 126 valence electrons. The molecule has 1 aliphatic carbocycles. The van der Waals surface area contributed by atoms with Gasteiger partial charge < -0.3 is 20.5 Å². The molecule has 23 heavy (non-hydrogen) atoms. The summed E-state index contributed by atoms with van der Waals surface area (Å²) in [6.45, 7) is 3.95. The lowest BCUT2D eigenvalue weighted by atomic mass is 9.58. The second kappa shape index (κ2) is 6.22. The molecule has 2 aliphatic rings. The molecule has 0 bridgehead atoms. The van der Waals surface area contributed by atoms with Gasteiger partial charge in [0.15, 0.2) is 11.0 Å². The molecule has 2 heterocycles. The number of hydrogen-bond acceptors (Lipinski definition) is 6. The van der Waals surface area contributed by atoms with Gasteiger partial charge in [0.1, 0.15) is 0 Å². The zero-order valence-corrected chi connectivity index (χ0v) is 13.8. The van der Waals surface area contributed by atoms with Crippen LogP contribution in [0, 0.1) is 5.41 Å². The Morgan fingerprint density at radius 2 is 2.22 bits per heavy atom. The van der Waals surface area contributed by atoms with Gasteiger partial charge in [-0.25, -0.2) is 0 Å². The molecule has 1 aromatic heterocycles. The molecule has 0 radical (unpaired) electrons. The first-order valence-corrected chi connectivity index (χ1v) is 8.23. The first-order valence-electron chi connectivity index (χ1n) is 7.85. The number of anilines is 1. The normalized spacial score (nSPS) is 26.1. The minimum Gasteiger partial charge on any atom is -0.392 e. The van der Waals surface area contributed by atoms with Gasteiger partial charge in [-0.3, -0.25) is 4.79 Å². The van der Waals surface area contributed by atoms with Gasteiger partial charge in [0, 0.05) is 31.5 Å². The Bertz CT molecular complexity index is 602. The molecule has 3 rings (SSSR count). The molecule has 8 heteroatoms. The van der Waals surface area contributed by atoms with Crippen LogP contribution in [0.3, 0.4) is 0 Å².